The van der Waals surface area contributed by atoms with Gasteiger partial charge in [0.2, 0.25) is 0 Å². The van der Waals surface area contributed by atoms with Gasteiger partial charge in [-0.15, -0.1) is 0 Å². The van der Waals surface area contributed by atoms with Crippen molar-refractivity contribution in [1.82, 2.24) is 9.88 Å². The van der Waals surface area contributed by atoms with Crippen LogP contribution in [0, 0.1) is 5.82 Å². The number of nitrogens with one attached hydrogen (secondary N) is 1. The van der Waals surface area contributed by atoms with Crippen LogP contribution >= 0.6 is 0 Å². The number of carbonyl (C=O) groups excluding carboxylic acids is 1. The van der Waals surface area contributed by atoms with E-state index >= 15 is 0 Å². The second-order valence-corrected chi connectivity index (χ2v) is 4.85. The molecule has 0 unspecified atom stereocenters. The molecular formula is C17H20FN3O. The molecule has 1 heterocycles. The lowest BCUT2D eigenvalue weighted by molar-refractivity contribution is 0.0767. The zero-order chi connectivity index (χ0) is 15.9. The highest BCUT2D eigenvalue weighted by Gasteiger charge is 2.14. The zero-order valence-electron chi connectivity index (χ0n) is 12.8. The minimum atomic E-state index is -0.247. The summed E-state index contributed by atoms with van der Waals surface area (Å²) in [6.45, 7) is 5.51. The van der Waals surface area contributed by atoms with Crippen LogP contribution in [0.1, 0.15) is 29.9 Å². The largest absolute Gasteiger partial charge is 0.381 e. The molecule has 0 spiro atoms. The number of nitrogens with zero attached hydrogens (tertiary/aromatic N) is 2. The maximum absolute atomic E-state index is 13.6. The van der Waals surface area contributed by atoms with Crippen LogP contribution < -0.4 is 5.32 Å². The van der Waals surface area contributed by atoms with Gasteiger partial charge in [0, 0.05) is 37.1 Å². The summed E-state index contributed by atoms with van der Waals surface area (Å²) in [4.78, 5) is 18.1. The Morgan fingerprint density at radius 3 is 2.64 bits per heavy atom. The Balaban J connectivity index is 2.09. The van der Waals surface area contributed by atoms with E-state index in [1.165, 1.54) is 6.07 Å². The third kappa shape index (κ3) is 3.81. The molecule has 4 nitrogen and oxygen atoms in total. The number of rotatable bonds is 6. The van der Waals surface area contributed by atoms with Crippen LogP contribution in [0.5, 0.6) is 0 Å². The van der Waals surface area contributed by atoms with Crippen molar-refractivity contribution < 1.29 is 9.18 Å². The molecule has 0 atom stereocenters. The van der Waals surface area contributed by atoms with Crippen molar-refractivity contribution in [2.45, 2.75) is 20.4 Å². The summed E-state index contributed by atoms with van der Waals surface area (Å²) >= 11 is 0. The van der Waals surface area contributed by atoms with E-state index in [-0.39, 0.29) is 11.7 Å². The number of pyridine rings is 1. The molecule has 1 N–H and O–H groups in total. The van der Waals surface area contributed by atoms with E-state index in [0.29, 0.717) is 30.9 Å². The molecule has 5 heteroatoms. The Labute approximate surface area is 130 Å². The molecule has 2 aromatic rings. The van der Waals surface area contributed by atoms with Crippen molar-refractivity contribution >= 4 is 11.6 Å². The number of halogens is 1. The number of benzene rings is 1. The first-order valence-electron chi connectivity index (χ1n) is 7.38. The first-order valence-corrected chi connectivity index (χ1v) is 7.38. The molecule has 0 aliphatic heterocycles. The van der Waals surface area contributed by atoms with Crippen LogP contribution in [-0.2, 0) is 6.54 Å². The second kappa shape index (κ2) is 7.54. The summed E-state index contributed by atoms with van der Waals surface area (Å²) in [5, 5.41) is 3.12. The molecule has 22 heavy (non-hydrogen) atoms. The van der Waals surface area contributed by atoms with Crippen LogP contribution in [-0.4, -0.2) is 28.9 Å². The van der Waals surface area contributed by atoms with Crippen LogP contribution in [0.4, 0.5) is 10.1 Å². The van der Waals surface area contributed by atoms with E-state index in [9.17, 15) is 9.18 Å². The first-order chi connectivity index (χ1) is 10.7. The van der Waals surface area contributed by atoms with Crippen LogP contribution in [0.3, 0.4) is 0 Å². The predicted octanol–water partition coefficient (Wildman–Crippen LogP) is 3.31. The lowest BCUT2D eigenvalue weighted by Crippen LogP contribution is -2.31. The molecule has 1 aromatic carbocycles. The molecule has 1 aromatic heterocycles. The molecule has 0 fully saturated rings. The minimum absolute atomic E-state index is 0.0976. The van der Waals surface area contributed by atoms with Gasteiger partial charge in [0.05, 0.1) is 0 Å². The van der Waals surface area contributed by atoms with Crippen LogP contribution in [0.15, 0.2) is 42.6 Å². The predicted molar refractivity (Wildman–Crippen MR) is 85.2 cm³/mol. The molecule has 0 bridgehead atoms. The summed E-state index contributed by atoms with van der Waals surface area (Å²) in [7, 11) is 0. The lowest BCUT2D eigenvalue weighted by atomic mass is 10.2. The van der Waals surface area contributed by atoms with Gasteiger partial charge in [0.1, 0.15) is 11.5 Å². The van der Waals surface area contributed by atoms with Gasteiger partial charge in [-0.2, -0.15) is 0 Å². The summed E-state index contributed by atoms with van der Waals surface area (Å²) in [5.74, 6) is -0.344. The van der Waals surface area contributed by atoms with Crippen LogP contribution in [0.2, 0.25) is 0 Å². The molecule has 1 amide bonds. The topological polar surface area (TPSA) is 45.2 Å². The van der Waals surface area contributed by atoms with E-state index in [4.69, 9.17) is 0 Å². The van der Waals surface area contributed by atoms with Gasteiger partial charge >= 0.3 is 0 Å². The van der Waals surface area contributed by atoms with Gasteiger partial charge in [0.15, 0.2) is 0 Å². The number of hydrogen-bond donors (Lipinski definition) is 1. The fraction of sp³-hybridized carbons (Fsp3) is 0.294. The van der Waals surface area contributed by atoms with Gasteiger partial charge in [-0.25, -0.2) is 4.39 Å². The van der Waals surface area contributed by atoms with Crippen molar-refractivity contribution in [3.8, 4) is 0 Å². The highest BCUT2D eigenvalue weighted by molar-refractivity contribution is 5.93. The fourth-order valence-electron chi connectivity index (χ4n) is 2.17. The molecule has 0 aliphatic rings. The standard InChI is InChI=1S/C17H20FN3O/c1-3-21(4-2)17(22)16-11-14(9-10-19-16)20-12-13-7-5-6-8-15(13)18/h5-11H,3-4,12H2,1-2H3,(H,19,20). The van der Waals surface area contributed by atoms with Gasteiger partial charge in [-0.1, -0.05) is 18.2 Å². The summed E-state index contributed by atoms with van der Waals surface area (Å²) < 4.78 is 13.6. The Morgan fingerprint density at radius 2 is 1.95 bits per heavy atom. The Hall–Kier alpha value is -2.43. The quantitative estimate of drug-likeness (QED) is 0.890. The maximum Gasteiger partial charge on any atom is 0.272 e. The monoisotopic (exact) mass is 301 g/mol. The van der Waals surface area contributed by atoms with E-state index in [0.717, 1.165) is 5.69 Å². The van der Waals surface area contributed by atoms with E-state index in [1.807, 2.05) is 13.8 Å². The highest BCUT2D eigenvalue weighted by Crippen LogP contribution is 2.13. The number of hydrogen-bond acceptors (Lipinski definition) is 3. The Kier molecular flexibility index (Phi) is 5.47. The first kappa shape index (κ1) is 15.9. The highest BCUT2D eigenvalue weighted by atomic mass is 19.1. The molecule has 0 radical (unpaired) electrons. The van der Waals surface area contributed by atoms with Crippen LogP contribution in [0.25, 0.3) is 0 Å². The van der Waals surface area contributed by atoms with Gasteiger partial charge in [-0.05, 0) is 32.0 Å². The van der Waals surface area contributed by atoms with E-state index < -0.39 is 0 Å². The van der Waals surface area contributed by atoms with Crippen molar-refractivity contribution in [3.05, 3.63) is 59.7 Å². The number of anilines is 1. The second-order valence-electron chi connectivity index (χ2n) is 4.85. The molecule has 0 saturated carbocycles. The van der Waals surface area contributed by atoms with E-state index in [2.05, 4.69) is 10.3 Å². The third-order valence-corrected chi connectivity index (χ3v) is 3.47. The average Bonchev–Trinajstić information content (AvgIpc) is 2.55. The maximum atomic E-state index is 13.6. The third-order valence-electron chi connectivity index (χ3n) is 3.47. The Morgan fingerprint density at radius 1 is 1.23 bits per heavy atom. The summed E-state index contributed by atoms with van der Waals surface area (Å²) in [6.07, 6.45) is 1.58. The fourth-order valence-corrected chi connectivity index (χ4v) is 2.17. The molecule has 0 aliphatic carbocycles. The summed E-state index contributed by atoms with van der Waals surface area (Å²) in [5.41, 5.74) is 1.71. The number of amides is 1. The summed E-state index contributed by atoms with van der Waals surface area (Å²) in [6, 6.07) is 10.1. The van der Waals surface area contributed by atoms with Crippen molar-refractivity contribution in [2.24, 2.45) is 0 Å². The van der Waals surface area contributed by atoms with Gasteiger partial charge in [0.25, 0.3) is 5.91 Å². The zero-order valence-corrected chi connectivity index (χ0v) is 12.8. The van der Waals surface area contributed by atoms with Crippen molar-refractivity contribution in [3.63, 3.8) is 0 Å². The molecule has 0 saturated heterocycles. The minimum Gasteiger partial charge on any atom is -0.381 e. The van der Waals surface area contributed by atoms with Gasteiger partial charge in [-0.3, -0.25) is 9.78 Å². The van der Waals surface area contributed by atoms with Gasteiger partial charge < -0.3 is 10.2 Å². The lowest BCUT2D eigenvalue weighted by Gasteiger charge is -2.18. The molecule has 116 valence electrons. The smallest absolute Gasteiger partial charge is 0.272 e. The number of carbonyl (C=O) groups is 1. The molecular weight excluding hydrogens is 281 g/mol. The SMILES string of the molecule is CCN(CC)C(=O)c1cc(NCc2ccccc2F)ccn1. The number of aromatic nitrogens is 1. The normalized spacial score (nSPS) is 10.3. The molecule has 2 rings (SSSR count). The van der Waals surface area contributed by atoms with Crippen molar-refractivity contribution in [2.75, 3.05) is 18.4 Å². The average molecular weight is 301 g/mol. The Bertz CT molecular complexity index is 641. The van der Waals surface area contributed by atoms with Crippen molar-refractivity contribution in [1.29, 1.82) is 0 Å². The van der Waals surface area contributed by atoms with E-state index in [1.54, 1.807) is 41.4 Å².